The third-order valence-corrected chi connectivity index (χ3v) is 7.78. The number of aryl methyl sites for hydroxylation is 1. The normalized spacial score (nSPS) is 18.4. The van der Waals surface area contributed by atoms with Gasteiger partial charge in [0.15, 0.2) is 0 Å². The van der Waals surface area contributed by atoms with Crippen LogP contribution in [0.2, 0.25) is 0 Å². The second-order valence-corrected chi connectivity index (χ2v) is 9.97. The summed E-state index contributed by atoms with van der Waals surface area (Å²) >= 11 is 1.52. The highest BCUT2D eigenvalue weighted by molar-refractivity contribution is 7.16. The minimum absolute atomic E-state index is 0.0774. The molecule has 0 saturated carbocycles. The van der Waals surface area contributed by atoms with E-state index in [-0.39, 0.29) is 5.92 Å². The Morgan fingerprint density at radius 1 is 1.31 bits per heavy atom. The quantitative estimate of drug-likeness (QED) is 0.456. The maximum absolute atomic E-state index is 9.73. The van der Waals surface area contributed by atoms with Gasteiger partial charge in [0.05, 0.1) is 11.3 Å². The molecule has 4 N–H and O–H groups in total. The number of hydrogen-bond donors (Lipinski definition) is 3. The molecule has 4 rings (SSSR count). The summed E-state index contributed by atoms with van der Waals surface area (Å²) in [7, 11) is 0. The first-order valence-electron chi connectivity index (χ1n) is 12.9. The average Bonchev–Trinajstić information content (AvgIpc) is 3.04. The van der Waals surface area contributed by atoms with Gasteiger partial charge in [0.2, 0.25) is 5.95 Å². The van der Waals surface area contributed by atoms with E-state index in [0.717, 1.165) is 93.1 Å². The molecule has 3 heterocycles. The first-order chi connectivity index (χ1) is 17.0. The van der Waals surface area contributed by atoms with Gasteiger partial charge in [0.25, 0.3) is 0 Å². The van der Waals surface area contributed by atoms with Crippen molar-refractivity contribution in [3.8, 4) is 6.07 Å². The summed E-state index contributed by atoms with van der Waals surface area (Å²) in [6, 6.07) is 4.26. The molecule has 0 radical (unpaired) electrons. The van der Waals surface area contributed by atoms with Gasteiger partial charge in [-0.05, 0) is 68.3 Å². The number of nitrogens with zero attached hydrogens (tertiary/aromatic N) is 4. The van der Waals surface area contributed by atoms with E-state index < -0.39 is 0 Å². The molecule has 0 amide bonds. The summed E-state index contributed by atoms with van der Waals surface area (Å²) in [5.41, 5.74) is 11.3. The lowest BCUT2D eigenvalue weighted by Crippen LogP contribution is -2.29. The lowest BCUT2D eigenvalue weighted by molar-refractivity contribution is 0.654. The van der Waals surface area contributed by atoms with Gasteiger partial charge >= 0.3 is 0 Å². The predicted octanol–water partition coefficient (Wildman–Crippen LogP) is 5.53. The Morgan fingerprint density at radius 2 is 2.11 bits per heavy atom. The van der Waals surface area contributed by atoms with Gasteiger partial charge in [-0.15, -0.1) is 11.3 Å². The van der Waals surface area contributed by atoms with E-state index in [4.69, 9.17) is 10.7 Å². The number of allylic oxidation sites excluding steroid dienone is 2. The van der Waals surface area contributed by atoms with Crippen molar-refractivity contribution < 1.29 is 0 Å². The average molecular weight is 494 g/mol. The first-order valence-corrected chi connectivity index (χ1v) is 13.8. The van der Waals surface area contributed by atoms with Crippen molar-refractivity contribution in [2.75, 3.05) is 36.8 Å². The summed E-state index contributed by atoms with van der Waals surface area (Å²) in [5.74, 6) is 0.682. The van der Waals surface area contributed by atoms with Gasteiger partial charge in [-0.1, -0.05) is 27.2 Å². The fraction of sp³-hybridized carbons (Fsp3) is 0.556. The number of nitrogen functional groups attached to an aromatic ring is 1. The fourth-order valence-corrected chi connectivity index (χ4v) is 6.10. The monoisotopic (exact) mass is 493 g/mol. The summed E-state index contributed by atoms with van der Waals surface area (Å²) in [5, 5.41) is 23.0. The number of aromatic nitrogens is 2. The number of anilines is 2. The van der Waals surface area contributed by atoms with Crippen LogP contribution in [0.3, 0.4) is 0 Å². The van der Waals surface area contributed by atoms with E-state index in [9.17, 15) is 10.7 Å². The lowest BCUT2D eigenvalue weighted by Gasteiger charge is -2.26. The van der Waals surface area contributed by atoms with Crippen molar-refractivity contribution in [3.05, 3.63) is 39.5 Å². The molecular weight excluding hydrogens is 454 g/mol. The molecule has 0 bridgehead atoms. The highest BCUT2D eigenvalue weighted by atomic mass is 32.1. The van der Waals surface area contributed by atoms with Gasteiger partial charge in [0, 0.05) is 42.3 Å². The van der Waals surface area contributed by atoms with Crippen LogP contribution in [0.1, 0.15) is 87.4 Å². The molecule has 2 aliphatic rings. The predicted molar refractivity (Wildman–Crippen MR) is 147 cm³/mol. The molecule has 188 valence electrons. The molecule has 8 heteroatoms. The Balaban J connectivity index is 0.00000167. The molecular formula is C27H39N7S. The van der Waals surface area contributed by atoms with Crippen LogP contribution >= 0.6 is 11.3 Å². The second-order valence-electron chi connectivity index (χ2n) is 8.83. The maximum atomic E-state index is 9.73. The van der Waals surface area contributed by atoms with Gasteiger partial charge in [0.1, 0.15) is 11.1 Å². The number of fused-ring (bicyclic) bond motifs is 1. The molecule has 2 aromatic heterocycles. The van der Waals surface area contributed by atoms with Crippen LogP contribution in [0.5, 0.6) is 0 Å². The van der Waals surface area contributed by atoms with Crippen LogP contribution in [0.4, 0.5) is 10.9 Å². The fourth-order valence-electron chi connectivity index (χ4n) is 4.97. The van der Waals surface area contributed by atoms with E-state index in [2.05, 4.69) is 35.1 Å². The minimum atomic E-state index is -0.0774. The summed E-state index contributed by atoms with van der Waals surface area (Å²) in [6.07, 6.45) is 7.51. The van der Waals surface area contributed by atoms with Crippen LogP contribution in [0, 0.1) is 16.7 Å². The Hall–Kier alpha value is -2.76. The third-order valence-electron chi connectivity index (χ3n) is 6.68. The zero-order valence-electron chi connectivity index (χ0n) is 21.6. The third kappa shape index (κ3) is 5.91. The van der Waals surface area contributed by atoms with E-state index in [1.807, 2.05) is 26.1 Å². The molecule has 0 spiro atoms. The van der Waals surface area contributed by atoms with Crippen LogP contribution in [-0.4, -0.2) is 41.9 Å². The van der Waals surface area contributed by atoms with Crippen molar-refractivity contribution >= 4 is 33.6 Å². The zero-order chi connectivity index (χ0) is 25.4. The minimum Gasteiger partial charge on any atom is -0.389 e. The van der Waals surface area contributed by atoms with Crippen LogP contribution in [-0.2, 0) is 6.42 Å². The van der Waals surface area contributed by atoms with Crippen LogP contribution in [0.25, 0.3) is 5.57 Å². The van der Waals surface area contributed by atoms with Crippen molar-refractivity contribution in [1.82, 2.24) is 15.3 Å². The molecule has 0 aromatic carbocycles. The van der Waals surface area contributed by atoms with Crippen LogP contribution in [0.15, 0.2) is 17.8 Å². The highest BCUT2D eigenvalue weighted by Gasteiger charge is 2.32. The molecule has 2 aromatic rings. The molecule has 35 heavy (non-hydrogen) atoms. The molecule has 7 nitrogen and oxygen atoms in total. The summed E-state index contributed by atoms with van der Waals surface area (Å²) in [6.45, 7) is 12.0. The number of nitriles is 1. The highest BCUT2D eigenvalue weighted by Crippen LogP contribution is 2.44. The Labute approximate surface area is 214 Å². The maximum Gasteiger partial charge on any atom is 0.225 e. The van der Waals surface area contributed by atoms with Crippen molar-refractivity contribution in [3.63, 3.8) is 0 Å². The number of nitrogens with two attached hydrogens (primary N) is 1. The molecule has 1 aliphatic heterocycles. The second kappa shape index (κ2) is 12.8. The van der Waals surface area contributed by atoms with Gasteiger partial charge in [-0.3, -0.25) is 0 Å². The molecule has 1 aliphatic carbocycles. The largest absolute Gasteiger partial charge is 0.389 e. The molecule has 1 atom stereocenters. The summed E-state index contributed by atoms with van der Waals surface area (Å²) < 4.78 is 0. The topological polar surface area (TPSA) is 115 Å². The van der Waals surface area contributed by atoms with Gasteiger partial charge in [-0.25, -0.2) is 9.97 Å². The SMILES string of the molecule is CC.CCC/C(C(=N)[C@H]1CCCc2sc(N)c(C#N)c21)=C(/C)c1ccnc(N2CCCNCC2)n1. The standard InChI is InChI=1S/C25H33N7S.C2H6/c1-3-6-17(23(27)18-7-4-8-21-22(18)19(15-26)24(28)33-21)16(2)20-9-11-30-25(31-20)32-13-5-10-29-12-14-32;1-2/h9,11,18,27,29H,3-8,10,12-14,28H2,1-2H3;1-2H3/b17-16+,27-23?;/t18-;/m0./s1. The van der Waals surface area contributed by atoms with Crippen LogP contribution < -0.4 is 16.0 Å². The molecule has 1 fully saturated rings. The number of nitrogens with one attached hydrogen (secondary N) is 2. The van der Waals surface area contributed by atoms with E-state index in [1.165, 1.54) is 16.2 Å². The van der Waals surface area contributed by atoms with Crippen molar-refractivity contribution in [2.45, 2.75) is 72.1 Å². The van der Waals surface area contributed by atoms with Gasteiger partial charge in [-0.2, -0.15) is 5.26 Å². The zero-order valence-corrected chi connectivity index (χ0v) is 22.4. The van der Waals surface area contributed by atoms with E-state index in [0.29, 0.717) is 16.3 Å². The van der Waals surface area contributed by atoms with E-state index in [1.54, 1.807) is 0 Å². The van der Waals surface area contributed by atoms with Gasteiger partial charge < -0.3 is 21.4 Å². The Morgan fingerprint density at radius 3 is 2.86 bits per heavy atom. The number of hydrogen-bond acceptors (Lipinski definition) is 8. The Kier molecular flexibility index (Phi) is 9.82. The van der Waals surface area contributed by atoms with E-state index >= 15 is 0 Å². The van der Waals surface area contributed by atoms with Crippen molar-refractivity contribution in [1.29, 1.82) is 10.7 Å². The smallest absolute Gasteiger partial charge is 0.225 e. The molecule has 1 saturated heterocycles. The number of rotatable bonds is 6. The van der Waals surface area contributed by atoms with Crippen molar-refractivity contribution in [2.24, 2.45) is 0 Å². The number of thiophene rings is 1. The first kappa shape index (κ1) is 26.8. The molecule has 0 unspecified atom stereocenters. The Bertz CT molecular complexity index is 1090. The lowest BCUT2D eigenvalue weighted by atomic mass is 9.78. The summed E-state index contributed by atoms with van der Waals surface area (Å²) in [4.78, 5) is 12.9.